The number of benzene rings is 4. The Balaban J connectivity index is 1.55. The number of nitrogens with zero attached hydrogens (tertiary/aromatic N) is 1. The minimum absolute atomic E-state index is 0.368. The van der Waals surface area contributed by atoms with Crippen LogP contribution in [0.1, 0.15) is 29.2 Å². The lowest BCUT2D eigenvalue weighted by atomic mass is 9.78. The fourth-order valence-electron chi connectivity index (χ4n) is 5.12. The quantitative estimate of drug-likeness (QED) is 0.338. The summed E-state index contributed by atoms with van der Waals surface area (Å²) < 4.78 is 0. The molecule has 1 atom stereocenters. The molecule has 1 heterocycles. The van der Waals surface area contributed by atoms with E-state index in [0.29, 0.717) is 11.7 Å². The molecule has 2 nitrogen and oxygen atoms in total. The summed E-state index contributed by atoms with van der Waals surface area (Å²) in [5.41, 5.74) is 3.98. The van der Waals surface area contributed by atoms with Crippen LogP contribution in [0.5, 0.6) is 5.75 Å². The molecule has 0 spiro atoms. The van der Waals surface area contributed by atoms with Crippen LogP contribution in [-0.4, -0.2) is 10.1 Å². The summed E-state index contributed by atoms with van der Waals surface area (Å²) in [5, 5.41) is 17.6. The molecular weight excluding hydrogens is 354 g/mol. The van der Waals surface area contributed by atoms with Gasteiger partial charge in [0.2, 0.25) is 0 Å². The van der Waals surface area contributed by atoms with Gasteiger partial charge in [0.1, 0.15) is 5.75 Å². The van der Waals surface area contributed by atoms with Crippen LogP contribution in [-0.2, 0) is 12.8 Å². The van der Waals surface area contributed by atoms with Crippen molar-refractivity contribution in [1.29, 1.82) is 0 Å². The number of hydrogen-bond acceptors (Lipinski definition) is 2. The average molecular weight is 375 g/mol. The molecule has 1 unspecified atom stereocenters. The third kappa shape index (κ3) is 2.52. The average Bonchev–Trinajstić information content (AvgIpc) is 2.78. The van der Waals surface area contributed by atoms with Gasteiger partial charge in [-0.15, -0.1) is 0 Å². The lowest BCUT2D eigenvalue weighted by Gasteiger charge is -2.27. The molecule has 0 aliphatic heterocycles. The van der Waals surface area contributed by atoms with Crippen molar-refractivity contribution in [3.05, 3.63) is 95.8 Å². The highest BCUT2D eigenvalue weighted by molar-refractivity contribution is 6.11. The molecule has 1 N–H and O–H groups in total. The van der Waals surface area contributed by atoms with Gasteiger partial charge in [-0.25, -0.2) is 0 Å². The van der Waals surface area contributed by atoms with E-state index in [1.54, 1.807) is 0 Å². The Morgan fingerprint density at radius 1 is 0.759 bits per heavy atom. The van der Waals surface area contributed by atoms with Gasteiger partial charge in [-0.05, 0) is 64.1 Å². The van der Waals surface area contributed by atoms with Gasteiger partial charge >= 0.3 is 0 Å². The fraction of sp³-hybridized carbons (Fsp3) is 0.148. The van der Waals surface area contributed by atoms with Gasteiger partial charge in [-0.1, -0.05) is 60.7 Å². The molecule has 1 aromatic heterocycles. The molecule has 4 aromatic carbocycles. The Kier molecular flexibility index (Phi) is 3.60. The second kappa shape index (κ2) is 6.31. The molecule has 0 radical (unpaired) electrons. The number of pyridine rings is 1. The standard InChI is InChI=1S/C27H21NO/c29-26-16-25-22(21-7-3-4-8-23(21)26)12-11-18-9-10-19(15-24(18)25)27-20-6-2-1-5-17(20)13-14-28-27/h1-8,11-14,16,19,29H,9-10,15H2. The Morgan fingerprint density at radius 3 is 2.41 bits per heavy atom. The van der Waals surface area contributed by atoms with Crippen molar-refractivity contribution >= 4 is 32.3 Å². The number of aryl methyl sites for hydroxylation is 1. The zero-order valence-electron chi connectivity index (χ0n) is 16.1. The number of hydrogen-bond donors (Lipinski definition) is 1. The van der Waals surface area contributed by atoms with Crippen LogP contribution in [0.2, 0.25) is 0 Å². The van der Waals surface area contributed by atoms with Crippen LogP contribution in [0.25, 0.3) is 32.3 Å². The Bertz CT molecular complexity index is 1400. The van der Waals surface area contributed by atoms with E-state index in [1.165, 1.54) is 38.4 Å². The molecule has 29 heavy (non-hydrogen) atoms. The molecule has 0 fully saturated rings. The van der Waals surface area contributed by atoms with Crippen molar-refractivity contribution in [3.8, 4) is 5.75 Å². The van der Waals surface area contributed by atoms with Crippen LogP contribution >= 0.6 is 0 Å². The molecule has 1 aliphatic carbocycles. The highest BCUT2D eigenvalue weighted by Crippen LogP contribution is 2.41. The van der Waals surface area contributed by atoms with E-state index in [9.17, 15) is 5.11 Å². The first-order valence-corrected chi connectivity index (χ1v) is 10.3. The van der Waals surface area contributed by atoms with E-state index in [-0.39, 0.29) is 0 Å². The van der Waals surface area contributed by atoms with Crippen LogP contribution < -0.4 is 0 Å². The smallest absolute Gasteiger partial charge is 0.124 e. The number of aromatic nitrogens is 1. The number of phenols is 1. The minimum atomic E-state index is 0.368. The topological polar surface area (TPSA) is 33.1 Å². The molecule has 0 saturated carbocycles. The first-order chi connectivity index (χ1) is 14.3. The number of fused-ring (bicyclic) bond motifs is 6. The predicted octanol–water partition coefficient (Wildman–Crippen LogP) is 6.52. The molecule has 2 heteroatoms. The van der Waals surface area contributed by atoms with Crippen LogP contribution in [0.3, 0.4) is 0 Å². The van der Waals surface area contributed by atoms with Crippen molar-refractivity contribution in [2.24, 2.45) is 0 Å². The summed E-state index contributed by atoms with van der Waals surface area (Å²) >= 11 is 0. The van der Waals surface area contributed by atoms with Gasteiger partial charge in [-0.2, -0.15) is 0 Å². The lowest BCUT2D eigenvalue weighted by molar-refractivity contribution is 0.482. The first-order valence-electron chi connectivity index (χ1n) is 10.3. The lowest BCUT2D eigenvalue weighted by Crippen LogP contribution is -2.14. The first kappa shape index (κ1) is 16.6. The number of rotatable bonds is 1. The number of phenolic OH excluding ortho intramolecular Hbond substituents is 1. The number of aromatic hydroxyl groups is 1. The second-order valence-corrected chi connectivity index (χ2v) is 8.10. The molecule has 5 aromatic rings. The van der Waals surface area contributed by atoms with E-state index >= 15 is 0 Å². The zero-order valence-corrected chi connectivity index (χ0v) is 16.1. The normalized spacial score (nSPS) is 16.3. The highest BCUT2D eigenvalue weighted by atomic mass is 16.3. The fourth-order valence-corrected chi connectivity index (χ4v) is 5.12. The molecule has 0 saturated heterocycles. The summed E-state index contributed by atoms with van der Waals surface area (Å²) in [6, 6.07) is 25.2. The third-order valence-electron chi connectivity index (χ3n) is 6.53. The Labute approximate surface area is 169 Å². The van der Waals surface area contributed by atoms with E-state index < -0.39 is 0 Å². The van der Waals surface area contributed by atoms with Gasteiger partial charge in [0, 0.05) is 22.9 Å². The molecular formula is C27H21NO. The monoisotopic (exact) mass is 375 g/mol. The predicted molar refractivity (Wildman–Crippen MR) is 120 cm³/mol. The summed E-state index contributed by atoms with van der Waals surface area (Å²) in [6.07, 6.45) is 5.06. The molecule has 6 rings (SSSR count). The Hall–Kier alpha value is -3.39. The van der Waals surface area contributed by atoms with Crippen molar-refractivity contribution in [2.45, 2.75) is 25.2 Å². The van der Waals surface area contributed by atoms with Gasteiger partial charge in [0.05, 0.1) is 5.69 Å². The zero-order chi connectivity index (χ0) is 19.4. The highest BCUT2D eigenvalue weighted by Gasteiger charge is 2.25. The van der Waals surface area contributed by atoms with Gasteiger partial charge in [0.25, 0.3) is 0 Å². The molecule has 1 aliphatic rings. The van der Waals surface area contributed by atoms with Crippen molar-refractivity contribution in [1.82, 2.24) is 4.98 Å². The van der Waals surface area contributed by atoms with Crippen molar-refractivity contribution in [3.63, 3.8) is 0 Å². The summed E-state index contributed by atoms with van der Waals surface area (Å²) in [5.74, 6) is 0.764. The Morgan fingerprint density at radius 2 is 1.52 bits per heavy atom. The van der Waals surface area contributed by atoms with E-state index in [4.69, 9.17) is 4.98 Å². The van der Waals surface area contributed by atoms with Crippen LogP contribution in [0.4, 0.5) is 0 Å². The maximum absolute atomic E-state index is 10.7. The van der Waals surface area contributed by atoms with Crippen LogP contribution in [0, 0.1) is 0 Å². The molecule has 0 amide bonds. The summed E-state index contributed by atoms with van der Waals surface area (Å²) in [7, 11) is 0. The molecule has 0 bridgehead atoms. The van der Waals surface area contributed by atoms with Crippen molar-refractivity contribution < 1.29 is 5.11 Å². The van der Waals surface area contributed by atoms with E-state index in [0.717, 1.165) is 30.0 Å². The van der Waals surface area contributed by atoms with Gasteiger partial charge in [0.15, 0.2) is 0 Å². The molecule has 140 valence electrons. The largest absolute Gasteiger partial charge is 0.507 e. The van der Waals surface area contributed by atoms with E-state index in [2.05, 4.69) is 48.5 Å². The summed E-state index contributed by atoms with van der Waals surface area (Å²) in [6.45, 7) is 0. The van der Waals surface area contributed by atoms with E-state index in [1.807, 2.05) is 30.5 Å². The third-order valence-corrected chi connectivity index (χ3v) is 6.53. The maximum atomic E-state index is 10.7. The van der Waals surface area contributed by atoms with Gasteiger partial charge < -0.3 is 5.11 Å². The summed E-state index contributed by atoms with van der Waals surface area (Å²) in [4.78, 5) is 4.80. The van der Waals surface area contributed by atoms with Crippen LogP contribution in [0.15, 0.2) is 79.0 Å². The van der Waals surface area contributed by atoms with Crippen molar-refractivity contribution in [2.75, 3.05) is 0 Å². The maximum Gasteiger partial charge on any atom is 0.124 e. The minimum Gasteiger partial charge on any atom is -0.507 e. The second-order valence-electron chi connectivity index (χ2n) is 8.10. The van der Waals surface area contributed by atoms with Gasteiger partial charge in [-0.3, -0.25) is 4.98 Å². The SMILES string of the molecule is Oc1cc2c3c(ccc2c2ccccc12)CCC(c1nccc2ccccc12)C3.